The van der Waals surface area contributed by atoms with E-state index in [0.717, 1.165) is 11.4 Å². The maximum Gasteiger partial charge on any atom is 0.125 e. The van der Waals surface area contributed by atoms with E-state index >= 15 is 0 Å². The summed E-state index contributed by atoms with van der Waals surface area (Å²) in [6.45, 7) is 4.32. The molecule has 2 nitrogen and oxygen atoms in total. The van der Waals surface area contributed by atoms with Crippen LogP contribution in [0.5, 0.6) is 0 Å². The van der Waals surface area contributed by atoms with E-state index < -0.39 is 0 Å². The Morgan fingerprint density at radius 2 is 1.94 bits per heavy atom. The summed E-state index contributed by atoms with van der Waals surface area (Å²) in [4.78, 5) is 0. The minimum absolute atomic E-state index is 0.196. The van der Waals surface area contributed by atoms with Gasteiger partial charge in [0.25, 0.3) is 0 Å². The summed E-state index contributed by atoms with van der Waals surface area (Å²) in [5, 5.41) is 3.43. The van der Waals surface area contributed by atoms with E-state index in [1.807, 2.05) is 12.1 Å². The molecule has 2 rings (SSSR count). The second-order valence-electron chi connectivity index (χ2n) is 4.68. The third-order valence-electron chi connectivity index (χ3n) is 3.13. The first-order valence-corrected chi connectivity index (χ1v) is 6.68. The Morgan fingerprint density at radius 1 is 1.17 bits per heavy atom. The number of unbranched alkanes of at least 4 members (excludes halogenated alkanes) is 1. The normalized spacial score (nSPS) is 12.3. The molecule has 0 saturated carbocycles. The minimum Gasteiger partial charge on any atom is -0.467 e. The summed E-state index contributed by atoms with van der Waals surface area (Å²) >= 11 is 0. The van der Waals surface area contributed by atoms with E-state index in [1.165, 1.54) is 24.8 Å². The highest BCUT2D eigenvalue weighted by Gasteiger charge is 2.07. The van der Waals surface area contributed by atoms with Gasteiger partial charge in [0.1, 0.15) is 5.76 Å². The summed E-state index contributed by atoms with van der Waals surface area (Å²) in [6, 6.07) is 12.8. The van der Waals surface area contributed by atoms with Crippen molar-refractivity contribution in [3.05, 3.63) is 54.0 Å². The molecule has 1 N–H and O–H groups in total. The van der Waals surface area contributed by atoms with E-state index in [9.17, 15) is 0 Å². The molecule has 1 unspecified atom stereocenters. The Hall–Kier alpha value is -1.70. The molecule has 18 heavy (non-hydrogen) atoms. The van der Waals surface area contributed by atoms with Crippen LogP contribution in [0.3, 0.4) is 0 Å². The molecule has 0 bridgehead atoms. The van der Waals surface area contributed by atoms with Gasteiger partial charge in [-0.2, -0.15) is 0 Å². The van der Waals surface area contributed by atoms with Crippen LogP contribution in [-0.2, 0) is 6.42 Å². The summed E-state index contributed by atoms with van der Waals surface area (Å²) in [6.07, 6.45) is 5.39. The fourth-order valence-corrected chi connectivity index (χ4v) is 2.01. The van der Waals surface area contributed by atoms with Crippen molar-refractivity contribution in [1.29, 1.82) is 0 Å². The van der Waals surface area contributed by atoms with Crippen LogP contribution in [-0.4, -0.2) is 0 Å². The van der Waals surface area contributed by atoms with Gasteiger partial charge in [0, 0.05) is 5.69 Å². The minimum atomic E-state index is 0.196. The van der Waals surface area contributed by atoms with Gasteiger partial charge in [-0.15, -0.1) is 0 Å². The summed E-state index contributed by atoms with van der Waals surface area (Å²) in [5.41, 5.74) is 2.55. The van der Waals surface area contributed by atoms with E-state index in [2.05, 4.69) is 43.4 Å². The van der Waals surface area contributed by atoms with E-state index in [0.29, 0.717) is 0 Å². The lowest BCUT2D eigenvalue weighted by atomic mass is 10.1. The van der Waals surface area contributed by atoms with Gasteiger partial charge in [0.2, 0.25) is 0 Å². The largest absolute Gasteiger partial charge is 0.467 e. The topological polar surface area (TPSA) is 25.2 Å². The van der Waals surface area contributed by atoms with E-state index in [1.54, 1.807) is 6.26 Å². The van der Waals surface area contributed by atoms with Crippen molar-refractivity contribution in [3.8, 4) is 0 Å². The molecule has 0 radical (unpaired) electrons. The third kappa shape index (κ3) is 3.39. The first-order chi connectivity index (χ1) is 8.79. The highest BCUT2D eigenvalue weighted by Crippen LogP contribution is 2.20. The zero-order valence-corrected chi connectivity index (χ0v) is 11.1. The van der Waals surface area contributed by atoms with Gasteiger partial charge >= 0.3 is 0 Å². The predicted molar refractivity (Wildman–Crippen MR) is 75.8 cm³/mol. The second-order valence-corrected chi connectivity index (χ2v) is 4.68. The van der Waals surface area contributed by atoms with Crippen LogP contribution in [0.4, 0.5) is 5.69 Å². The van der Waals surface area contributed by atoms with Crippen molar-refractivity contribution in [3.63, 3.8) is 0 Å². The Morgan fingerprint density at radius 3 is 2.56 bits per heavy atom. The Balaban J connectivity index is 1.93. The van der Waals surface area contributed by atoms with Crippen molar-refractivity contribution in [2.75, 3.05) is 5.32 Å². The molecule has 1 aromatic carbocycles. The number of rotatable bonds is 6. The summed E-state index contributed by atoms with van der Waals surface area (Å²) < 4.78 is 5.38. The number of hydrogen-bond donors (Lipinski definition) is 1. The van der Waals surface area contributed by atoms with Crippen LogP contribution in [0.15, 0.2) is 47.1 Å². The third-order valence-corrected chi connectivity index (χ3v) is 3.13. The SMILES string of the molecule is CCCCc1ccc(NC(C)c2ccco2)cc1. The Labute approximate surface area is 109 Å². The van der Waals surface area contributed by atoms with Crippen molar-refractivity contribution in [2.45, 2.75) is 39.2 Å². The molecule has 96 valence electrons. The van der Waals surface area contributed by atoms with Gasteiger partial charge in [-0.25, -0.2) is 0 Å². The van der Waals surface area contributed by atoms with Gasteiger partial charge in [-0.1, -0.05) is 25.5 Å². The van der Waals surface area contributed by atoms with Crippen LogP contribution >= 0.6 is 0 Å². The smallest absolute Gasteiger partial charge is 0.125 e. The summed E-state index contributed by atoms with van der Waals surface area (Å²) in [5.74, 6) is 0.963. The fourth-order valence-electron chi connectivity index (χ4n) is 2.01. The van der Waals surface area contributed by atoms with Gasteiger partial charge < -0.3 is 9.73 Å². The summed E-state index contributed by atoms with van der Waals surface area (Å²) in [7, 11) is 0. The first kappa shape index (κ1) is 12.7. The zero-order valence-electron chi connectivity index (χ0n) is 11.1. The second kappa shape index (κ2) is 6.29. The predicted octanol–water partition coefficient (Wildman–Crippen LogP) is 4.80. The molecule has 0 aliphatic carbocycles. The first-order valence-electron chi connectivity index (χ1n) is 6.68. The maximum absolute atomic E-state index is 5.38. The lowest BCUT2D eigenvalue weighted by molar-refractivity contribution is 0.490. The molecule has 0 amide bonds. The lowest BCUT2D eigenvalue weighted by Gasteiger charge is -2.13. The van der Waals surface area contributed by atoms with E-state index in [-0.39, 0.29) is 6.04 Å². The molecule has 1 heterocycles. The molecule has 2 heteroatoms. The number of hydrogen-bond acceptors (Lipinski definition) is 2. The van der Waals surface area contributed by atoms with Gasteiger partial charge in [0.15, 0.2) is 0 Å². The molecular formula is C16H21NO. The molecule has 0 aliphatic heterocycles. The number of aryl methyl sites for hydroxylation is 1. The fraction of sp³-hybridized carbons (Fsp3) is 0.375. The van der Waals surface area contributed by atoms with Crippen LogP contribution in [0.25, 0.3) is 0 Å². The van der Waals surface area contributed by atoms with Crippen molar-refractivity contribution >= 4 is 5.69 Å². The zero-order chi connectivity index (χ0) is 12.8. The lowest BCUT2D eigenvalue weighted by Crippen LogP contribution is -2.05. The van der Waals surface area contributed by atoms with Gasteiger partial charge in [-0.3, -0.25) is 0 Å². The van der Waals surface area contributed by atoms with Gasteiger partial charge in [0.05, 0.1) is 12.3 Å². The number of nitrogens with one attached hydrogen (secondary N) is 1. The number of furan rings is 1. The van der Waals surface area contributed by atoms with Crippen molar-refractivity contribution in [1.82, 2.24) is 0 Å². The Bertz CT molecular complexity index is 444. The molecule has 0 aliphatic rings. The van der Waals surface area contributed by atoms with Crippen molar-refractivity contribution in [2.24, 2.45) is 0 Å². The monoisotopic (exact) mass is 243 g/mol. The van der Waals surface area contributed by atoms with Crippen LogP contribution in [0.1, 0.15) is 44.1 Å². The number of benzene rings is 1. The quantitative estimate of drug-likeness (QED) is 0.788. The van der Waals surface area contributed by atoms with Crippen molar-refractivity contribution < 1.29 is 4.42 Å². The standard InChI is InChI=1S/C16H21NO/c1-3-4-6-14-8-10-15(11-9-14)17-13(2)16-7-5-12-18-16/h5,7-13,17H,3-4,6H2,1-2H3. The molecule has 0 saturated heterocycles. The molecule has 0 spiro atoms. The molecule has 1 atom stereocenters. The van der Waals surface area contributed by atoms with E-state index in [4.69, 9.17) is 4.42 Å². The highest BCUT2D eigenvalue weighted by atomic mass is 16.3. The molecule has 1 aromatic heterocycles. The molecule has 2 aromatic rings. The van der Waals surface area contributed by atoms with Crippen LogP contribution in [0.2, 0.25) is 0 Å². The van der Waals surface area contributed by atoms with Crippen LogP contribution in [0, 0.1) is 0 Å². The molecular weight excluding hydrogens is 222 g/mol. The maximum atomic E-state index is 5.38. The highest BCUT2D eigenvalue weighted by molar-refractivity contribution is 5.46. The van der Waals surface area contributed by atoms with Crippen LogP contribution < -0.4 is 5.32 Å². The molecule has 0 fully saturated rings. The number of anilines is 1. The average Bonchev–Trinajstić information content (AvgIpc) is 2.92. The Kier molecular flexibility index (Phi) is 4.46. The van der Waals surface area contributed by atoms with Gasteiger partial charge in [-0.05, 0) is 49.6 Å². The average molecular weight is 243 g/mol.